The summed E-state index contributed by atoms with van der Waals surface area (Å²) in [6.07, 6.45) is 7.03. The van der Waals surface area contributed by atoms with Crippen LogP contribution in [0.1, 0.15) is 238 Å². The van der Waals surface area contributed by atoms with Gasteiger partial charge in [0, 0.05) is 60.9 Å². The number of esters is 6. The molecule has 0 amide bonds. The van der Waals surface area contributed by atoms with Crippen LogP contribution in [0, 0.1) is 32.5 Å². The predicted molar refractivity (Wildman–Crippen MR) is 502 cm³/mol. The maximum atomic E-state index is 12.4. The number of rotatable bonds is 45. The highest BCUT2D eigenvalue weighted by Gasteiger charge is 2.53. The maximum Gasteiger partial charge on any atom is 0.471 e. The first-order valence-electron chi connectivity index (χ1n) is 43.2. The van der Waals surface area contributed by atoms with E-state index in [2.05, 4.69) is 197 Å². The van der Waals surface area contributed by atoms with Gasteiger partial charge in [-0.05, 0) is 300 Å². The van der Waals surface area contributed by atoms with E-state index in [1.165, 1.54) is 0 Å². The topological polar surface area (TPSA) is 268 Å². The summed E-state index contributed by atoms with van der Waals surface area (Å²) >= 11 is 0. The zero-order valence-electron chi connectivity index (χ0n) is 83.3. The van der Waals surface area contributed by atoms with Gasteiger partial charge in [-0.3, -0.25) is 33.8 Å². The fourth-order valence-electron chi connectivity index (χ4n) is 10.5. The molecule has 0 aliphatic carbocycles. The van der Waals surface area contributed by atoms with Gasteiger partial charge in [0.05, 0.1) is 33.7 Å². The third-order valence-electron chi connectivity index (χ3n) is 19.2. The van der Waals surface area contributed by atoms with Crippen molar-refractivity contribution in [1.29, 1.82) is 0 Å². The second-order valence-corrected chi connectivity index (χ2v) is 74.1. The number of carbonyl (C=O) groups excluding carboxylic acids is 6. The summed E-state index contributed by atoms with van der Waals surface area (Å²) in [5.41, 5.74) is -1.93. The molecule has 1 aliphatic rings. The van der Waals surface area contributed by atoms with Crippen LogP contribution in [0.2, 0.25) is 123 Å². The molecule has 0 aromatic heterocycles. The van der Waals surface area contributed by atoms with E-state index in [9.17, 15) is 33.9 Å². The highest BCUT2D eigenvalue weighted by Crippen LogP contribution is 2.34. The first-order chi connectivity index (χ1) is 52.5. The number of aliphatic hydroxyl groups is 1. The molecule has 0 aromatic rings. The van der Waals surface area contributed by atoms with Gasteiger partial charge in [-0.25, -0.2) is 4.79 Å². The summed E-state index contributed by atoms with van der Waals surface area (Å²) in [4.78, 5) is 74.2. The maximum absolute atomic E-state index is 12.4. The van der Waals surface area contributed by atoms with Gasteiger partial charge in [-0.2, -0.15) is 0 Å². The molecule has 1 saturated heterocycles. The Morgan fingerprint density at radius 2 is 0.744 bits per heavy atom. The van der Waals surface area contributed by atoms with Crippen LogP contribution in [0.15, 0.2) is 24.8 Å². The number of aliphatic hydroxyl groups excluding tert-OH is 1. The average molecular weight is 1830 g/mol. The van der Waals surface area contributed by atoms with Crippen LogP contribution in [0.5, 0.6) is 0 Å². The van der Waals surface area contributed by atoms with Gasteiger partial charge in [0.15, 0.2) is 31.2 Å². The molecular weight excluding hydrogens is 1640 g/mol. The molecule has 1 heterocycles. The molecule has 1 fully saturated rings. The van der Waals surface area contributed by atoms with E-state index in [0.29, 0.717) is 81.7 Å². The van der Waals surface area contributed by atoms with Crippen LogP contribution in [0.4, 0.5) is 0 Å². The molecule has 0 spiro atoms. The first kappa shape index (κ1) is 123. The molecule has 1 aliphatic heterocycles. The van der Waals surface area contributed by atoms with Crippen molar-refractivity contribution in [2.75, 3.05) is 59.3 Å². The van der Waals surface area contributed by atoms with Crippen molar-refractivity contribution in [1.82, 2.24) is 9.80 Å². The second-order valence-electron chi connectivity index (χ2n) is 40.1. The van der Waals surface area contributed by atoms with Gasteiger partial charge in [-0.15, -0.1) is 0 Å². The van der Waals surface area contributed by atoms with Gasteiger partial charge in [0.1, 0.15) is 33.0 Å². The molecule has 696 valence electrons. The van der Waals surface area contributed by atoms with Gasteiger partial charge < -0.3 is 71.2 Å². The lowest BCUT2D eigenvalue weighted by atomic mass is 9.89. The molecule has 117 heavy (non-hydrogen) atoms. The average Bonchev–Trinajstić information content (AvgIpc) is 0.798. The predicted octanol–water partition coefficient (Wildman–Crippen LogP) is 20.5. The number of ether oxygens (including phenoxy) is 7. The van der Waals surface area contributed by atoms with Crippen LogP contribution >= 0.6 is 0 Å². The van der Waals surface area contributed by atoms with E-state index in [1.54, 1.807) is 13.0 Å². The quantitative estimate of drug-likeness (QED) is 0.0113. The van der Waals surface area contributed by atoms with Crippen molar-refractivity contribution in [2.24, 2.45) is 32.5 Å². The summed E-state index contributed by atoms with van der Waals surface area (Å²) in [6.45, 7) is 101. The molecular formula is C84H182N2O22Si9. The lowest BCUT2D eigenvalue weighted by Crippen LogP contribution is -2.62. The van der Waals surface area contributed by atoms with Crippen LogP contribution in [-0.4, -0.2) is 218 Å². The zero-order valence-corrected chi connectivity index (χ0v) is 92.5. The molecule has 0 bridgehead atoms. The minimum Gasteiger partial charge on any atom is -0.465 e. The Morgan fingerprint density at radius 3 is 1.03 bits per heavy atom. The van der Waals surface area contributed by atoms with E-state index in [0.717, 1.165) is 57.7 Å². The number of hydrogen-bond acceptors (Lipinski definition) is 24. The van der Waals surface area contributed by atoms with Crippen molar-refractivity contribution >= 4 is 113 Å². The fourth-order valence-corrected chi connectivity index (χ4v) is 49.3. The smallest absolute Gasteiger partial charge is 0.465 e. The summed E-state index contributed by atoms with van der Waals surface area (Å²) in [7, 11) is -19.8. The largest absolute Gasteiger partial charge is 0.471 e. The van der Waals surface area contributed by atoms with E-state index in [-0.39, 0.29) is 64.7 Å². The molecule has 0 aromatic carbocycles. The summed E-state index contributed by atoms with van der Waals surface area (Å²) in [5, 5.41) is 10.1. The summed E-state index contributed by atoms with van der Waals surface area (Å²) < 4.78 is 88.6. The Kier molecular flexibility index (Phi) is 58.3. The van der Waals surface area contributed by atoms with Crippen molar-refractivity contribution in [3.05, 3.63) is 24.8 Å². The Morgan fingerprint density at radius 1 is 0.436 bits per heavy atom. The monoisotopic (exact) mass is 1820 g/mol. The Bertz CT molecular complexity index is 2750. The molecule has 1 N–H and O–H groups in total. The van der Waals surface area contributed by atoms with E-state index in [4.69, 9.17) is 66.1 Å². The lowest BCUT2D eigenvalue weighted by Gasteiger charge is -2.44. The third kappa shape index (κ3) is 58.6. The number of carbonyl (C=O) groups is 6. The molecule has 1 atom stereocenters. The lowest BCUT2D eigenvalue weighted by molar-refractivity contribution is -0.165. The number of nitrogens with zero attached hydrogens (tertiary/aromatic N) is 2. The van der Waals surface area contributed by atoms with E-state index >= 15 is 0 Å². The highest BCUT2D eigenvalue weighted by atomic mass is 28.5. The molecule has 33 heteroatoms. The van der Waals surface area contributed by atoms with Gasteiger partial charge in [-0.1, -0.05) is 74.6 Å². The minimum absolute atomic E-state index is 0.0667. The normalized spacial score (nSPS) is 15.4. The van der Waals surface area contributed by atoms with Crippen molar-refractivity contribution < 1.29 is 100.0 Å². The Balaban J connectivity index is -0.000000442. The minimum atomic E-state index is -3.04. The third-order valence-corrected chi connectivity index (χ3v) is 50.6. The van der Waals surface area contributed by atoms with Crippen molar-refractivity contribution in [3.63, 3.8) is 0 Å². The molecule has 1 rings (SSSR count). The summed E-state index contributed by atoms with van der Waals surface area (Å²) in [6, 6.07) is 3.38. The van der Waals surface area contributed by atoms with Gasteiger partial charge in [0.2, 0.25) is 0 Å². The van der Waals surface area contributed by atoms with Crippen molar-refractivity contribution in [2.45, 2.75) is 392 Å². The number of hydrogen-bond donors (Lipinski definition) is 1. The zero-order chi connectivity index (χ0) is 93.4. The molecule has 0 radical (unpaired) electrons. The highest BCUT2D eigenvalue weighted by molar-refractivity contribution is 6.91. The Labute approximate surface area is 727 Å². The molecule has 0 saturated carbocycles. The van der Waals surface area contributed by atoms with Crippen LogP contribution in [0.25, 0.3) is 0 Å². The van der Waals surface area contributed by atoms with E-state index in [1.807, 2.05) is 118 Å². The van der Waals surface area contributed by atoms with Gasteiger partial charge in [0.25, 0.3) is 0 Å². The second kappa shape index (κ2) is 55.3. The summed E-state index contributed by atoms with van der Waals surface area (Å²) in [5.74, 6) is -1.23. The van der Waals surface area contributed by atoms with Crippen LogP contribution in [-0.2, 0) is 94.8 Å². The standard InChI is InChI=1S/C20H50O6Si5.C15H38O6Si4.2C14H29NO2.C12H20O4.C9H16O2/c1-15-20(2,3)19(21)22-17-16-18-31(24-28(7,8)9,25-29(10,11)12)26-30(13,14)23-27(4,5)6;1-10-15(2,3)14(16)17-12-11-13-22-18-23(4,5)20-25(8,9)21-24(6,7)19-22;2*1-8-14(6,7)13(16)17-10-9-15(11(2)3)12(4)5;1-6-12(4,5)11(14)16-8-7-15-10(13)9(2)3;1-5-7-11-8(10)9(3,4)6-2/h15-18H2,1-14H3;14,16,22H,10-13H2,1-9H3;2*11-12H,8-10H2,1-7H3;2,6-8H2,1,3-5H3;5H,1,6-7H2,2-4H3. The SMILES string of the molecule is C=C(C)C(=O)OCCOC(=O)C(C)(C)CC.C=CCOC(=O)C(C)(C)CC.CCC(C)(C)C(=O)OCCC[Si](O[Si](C)(C)C)(O[Si](C)(C)C)O[Si](C)(C)O[Si](C)(C)C.CCC(C)(C)C(=O)OCCN(C(C)C)C(C)C.CCC(C)(C)C(=O)OCCN(C(C)C)C(C)C.CCC(C)(C)C(O)OCCC[SiH]1O[Si](C)(C)O[Si](C)(C)O[Si](C)(C)O1. The van der Waals surface area contributed by atoms with Crippen molar-refractivity contribution in [3.8, 4) is 0 Å². The molecule has 1 unspecified atom stereocenters. The van der Waals surface area contributed by atoms with E-state index < -0.39 is 100 Å². The van der Waals surface area contributed by atoms with Crippen LogP contribution in [0.3, 0.4) is 0 Å². The Hall–Kier alpha value is -2.23. The molecule has 24 nitrogen and oxygen atoms in total. The van der Waals surface area contributed by atoms with Crippen LogP contribution < -0.4 is 0 Å². The fraction of sp³-hybridized carbons (Fsp3) is 0.881. The first-order valence-corrected chi connectivity index (χ1v) is 68.3. The van der Waals surface area contributed by atoms with Gasteiger partial charge >= 0.3 is 88.1 Å².